The molecule has 0 saturated carbocycles. The summed E-state index contributed by atoms with van der Waals surface area (Å²) < 4.78 is 40.6. The van der Waals surface area contributed by atoms with Crippen molar-refractivity contribution in [1.82, 2.24) is 10.2 Å². The Morgan fingerprint density at radius 2 is 1.71 bits per heavy atom. The number of amides is 2. The number of anilines is 1. The highest BCUT2D eigenvalue weighted by Gasteiger charge is 2.32. The van der Waals surface area contributed by atoms with E-state index in [1.165, 1.54) is 17.0 Å². The molecule has 192 valence electrons. The molecule has 0 fully saturated rings. The second-order valence-electron chi connectivity index (χ2n) is 8.59. The van der Waals surface area contributed by atoms with Gasteiger partial charge in [-0.2, -0.15) is 0 Å². The monoisotopic (exact) mass is 569 g/mol. The molecule has 0 radical (unpaired) electrons. The van der Waals surface area contributed by atoms with Gasteiger partial charge in [-0.25, -0.2) is 12.8 Å². The maximum Gasteiger partial charge on any atom is 0.244 e. The number of carbonyl (C=O) groups excluding carboxylic acids is 2. The van der Waals surface area contributed by atoms with E-state index in [-0.39, 0.29) is 18.5 Å². The van der Waals surface area contributed by atoms with E-state index in [0.29, 0.717) is 17.7 Å². The van der Waals surface area contributed by atoms with Crippen molar-refractivity contribution < 1.29 is 22.4 Å². The molecule has 0 aliphatic heterocycles. The molecule has 0 heterocycles. The van der Waals surface area contributed by atoms with Gasteiger partial charge in [0, 0.05) is 17.1 Å². The molecule has 2 aromatic carbocycles. The smallest absolute Gasteiger partial charge is 0.244 e. The minimum atomic E-state index is -3.81. The Kier molecular flexibility index (Phi) is 10.3. The number of halogens is 2. The molecule has 0 spiro atoms. The molecular weight excluding hydrogens is 537 g/mol. The molecule has 0 aliphatic carbocycles. The van der Waals surface area contributed by atoms with Crippen LogP contribution in [-0.2, 0) is 26.2 Å². The molecule has 0 aliphatic rings. The van der Waals surface area contributed by atoms with Crippen LogP contribution in [0.4, 0.5) is 10.1 Å². The zero-order valence-electron chi connectivity index (χ0n) is 20.7. The fourth-order valence-electron chi connectivity index (χ4n) is 3.54. The number of sulfonamides is 1. The number of aryl methyl sites for hydroxylation is 1. The first-order valence-corrected chi connectivity index (χ1v) is 14.1. The van der Waals surface area contributed by atoms with Gasteiger partial charge >= 0.3 is 0 Å². The standard InChI is InChI=1S/C25H33BrFN3O4S/c1-6-18(4)28-25(32)23(7-2)29(15-19-8-10-20(27)11-9-19)24(31)16-30(35(5,33)34)21-12-13-22(26)17(3)14-21/h8-14,18,23H,6-7,15-16H2,1-5H3,(H,28,32)/t18-,23+/m1/s1. The van der Waals surface area contributed by atoms with Gasteiger partial charge in [-0.1, -0.05) is 41.9 Å². The summed E-state index contributed by atoms with van der Waals surface area (Å²) in [6.07, 6.45) is 2.08. The average Bonchev–Trinajstić information content (AvgIpc) is 2.79. The van der Waals surface area contributed by atoms with Crippen molar-refractivity contribution in [1.29, 1.82) is 0 Å². The number of carbonyl (C=O) groups is 2. The SMILES string of the molecule is CC[C@@H](C)NC(=O)[C@H](CC)N(Cc1ccc(F)cc1)C(=O)CN(c1ccc(Br)c(C)c1)S(C)(=O)=O. The van der Waals surface area contributed by atoms with E-state index in [1.54, 1.807) is 37.3 Å². The number of hydrogen-bond acceptors (Lipinski definition) is 4. The fraction of sp³-hybridized carbons (Fsp3) is 0.440. The Morgan fingerprint density at radius 1 is 1.09 bits per heavy atom. The Labute approximate surface area is 215 Å². The van der Waals surface area contributed by atoms with Crippen LogP contribution in [-0.4, -0.2) is 50.0 Å². The van der Waals surface area contributed by atoms with Crippen molar-refractivity contribution in [2.45, 2.75) is 59.2 Å². The van der Waals surface area contributed by atoms with Gasteiger partial charge in [0.2, 0.25) is 21.8 Å². The Balaban J connectivity index is 2.45. The molecule has 2 amide bonds. The topological polar surface area (TPSA) is 86.8 Å². The highest BCUT2D eigenvalue weighted by molar-refractivity contribution is 9.10. The number of nitrogens with zero attached hydrogens (tertiary/aromatic N) is 2. The van der Waals surface area contributed by atoms with Gasteiger partial charge in [-0.05, 0) is 68.1 Å². The molecule has 0 unspecified atom stereocenters. The molecule has 0 aromatic heterocycles. The molecule has 10 heteroatoms. The highest BCUT2D eigenvalue weighted by atomic mass is 79.9. The van der Waals surface area contributed by atoms with Gasteiger partial charge in [-0.3, -0.25) is 13.9 Å². The molecule has 0 bridgehead atoms. The summed E-state index contributed by atoms with van der Waals surface area (Å²) in [5, 5.41) is 2.91. The third kappa shape index (κ3) is 8.03. The van der Waals surface area contributed by atoms with E-state index >= 15 is 0 Å². The van der Waals surface area contributed by atoms with Crippen LogP contribution >= 0.6 is 15.9 Å². The van der Waals surface area contributed by atoms with E-state index in [0.717, 1.165) is 27.0 Å². The van der Waals surface area contributed by atoms with Gasteiger partial charge < -0.3 is 10.2 Å². The number of rotatable bonds is 11. The van der Waals surface area contributed by atoms with Gasteiger partial charge in [0.15, 0.2) is 0 Å². The van der Waals surface area contributed by atoms with E-state index in [9.17, 15) is 22.4 Å². The van der Waals surface area contributed by atoms with Crippen LogP contribution in [0.25, 0.3) is 0 Å². The minimum absolute atomic E-state index is 0.0303. The van der Waals surface area contributed by atoms with Gasteiger partial charge in [0.05, 0.1) is 11.9 Å². The van der Waals surface area contributed by atoms with Crippen molar-refractivity contribution in [3.8, 4) is 0 Å². The lowest BCUT2D eigenvalue weighted by molar-refractivity contribution is -0.140. The Bertz CT molecular complexity index is 1140. The van der Waals surface area contributed by atoms with Crippen LogP contribution in [0, 0.1) is 12.7 Å². The average molecular weight is 571 g/mol. The zero-order valence-corrected chi connectivity index (χ0v) is 23.1. The lowest BCUT2D eigenvalue weighted by atomic mass is 10.1. The first-order chi connectivity index (χ1) is 16.4. The molecule has 0 saturated heterocycles. The van der Waals surface area contributed by atoms with E-state index in [1.807, 2.05) is 20.8 Å². The predicted octanol–water partition coefficient (Wildman–Crippen LogP) is 4.38. The second kappa shape index (κ2) is 12.5. The summed E-state index contributed by atoms with van der Waals surface area (Å²) in [6.45, 7) is 6.98. The molecule has 2 aromatic rings. The van der Waals surface area contributed by atoms with E-state index < -0.39 is 34.3 Å². The predicted molar refractivity (Wildman–Crippen MR) is 140 cm³/mol. The molecule has 7 nitrogen and oxygen atoms in total. The van der Waals surface area contributed by atoms with Crippen LogP contribution in [0.1, 0.15) is 44.7 Å². The van der Waals surface area contributed by atoms with Crippen molar-refractivity contribution in [3.63, 3.8) is 0 Å². The van der Waals surface area contributed by atoms with Crippen molar-refractivity contribution in [3.05, 3.63) is 63.9 Å². The lowest BCUT2D eigenvalue weighted by Crippen LogP contribution is -2.53. The van der Waals surface area contributed by atoms with Crippen molar-refractivity contribution >= 4 is 43.5 Å². The van der Waals surface area contributed by atoms with Gasteiger partial charge in [0.1, 0.15) is 18.4 Å². The summed E-state index contributed by atoms with van der Waals surface area (Å²) in [6, 6.07) is 9.75. The first kappa shape index (κ1) is 28.8. The van der Waals surface area contributed by atoms with Crippen LogP contribution in [0.3, 0.4) is 0 Å². The van der Waals surface area contributed by atoms with Gasteiger partial charge in [0.25, 0.3) is 0 Å². The summed E-state index contributed by atoms with van der Waals surface area (Å²) >= 11 is 3.40. The third-order valence-corrected chi connectivity index (χ3v) is 7.79. The first-order valence-electron chi connectivity index (χ1n) is 11.5. The summed E-state index contributed by atoms with van der Waals surface area (Å²) in [5.74, 6) is -1.27. The van der Waals surface area contributed by atoms with Crippen molar-refractivity contribution in [2.24, 2.45) is 0 Å². The number of hydrogen-bond donors (Lipinski definition) is 1. The van der Waals surface area contributed by atoms with E-state index in [4.69, 9.17) is 0 Å². The zero-order chi connectivity index (χ0) is 26.3. The third-order valence-electron chi connectivity index (χ3n) is 5.76. The second-order valence-corrected chi connectivity index (χ2v) is 11.4. The lowest BCUT2D eigenvalue weighted by Gasteiger charge is -2.33. The molecule has 2 atom stereocenters. The van der Waals surface area contributed by atoms with Crippen LogP contribution in [0.2, 0.25) is 0 Å². The largest absolute Gasteiger partial charge is 0.352 e. The quantitative estimate of drug-likeness (QED) is 0.435. The van der Waals surface area contributed by atoms with Crippen LogP contribution in [0.15, 0.2) is 46.9 Å². The normalized spacial score (nSPS) is 13.1. The van der Waals surface area contributed by atoms with Crippen molar-refractivity contribution in [2.75, 3.05) is 17.1 Å². The summed E-state index contributed by atoms with van der Waals surface area (Å²) in [4.78, 5) is 28.0. The molecule has 1 N–H and O–H groups in total. The highest BCUT2D eigenvalue weighted by Crippen LogP contribution is 2.25. The minimum Gasteiger partial charge on any atom is -0.352 e. The maximum atomic E-state index is 13.6. The fourth-order valence-corrected chi connectivity index (χ4v) is 4.63. The van der Waals surface area contributed by atoms with Gasteiger partial charge in [-0.15, -0.1) is 0 Å². The Hall–Kier alpha value is -2.46. The Morgan fingerprint density at radius 3 is 2.23 bits per heavy atom. The number of benzene rings is 2. The molecule has 35 heavy (non-hydrogen) atoms. The number of nitrogens with one attached hydrogen (secondary N) is 1. The molecule has 2 rings (SSSR count). The van der Waals surface area contributed by atoms with E-state index in [2.05, 4.69) is 21.2 Å². The maximum absolute atomic E-state index is 13.6. The summed E-state index contributed by atoms with van der Waals surface area (Å²) in [7, 11) is -3.81. The molecular formula is C25H33BrFN3O4S. The van der Waals surface area contributed by atoms with Crippen LogP contribution in [0.5, 0.6) is 0 Å². The van der Waals surface area contributed by atoms with Crippen LogP contribution < -0.4 is 9.62 Å². The summed E-state index contributed by atoms with van der Waals surface area (Å²) in [5.41, 5.74) is 1.78.